The second-order valence-electron chi connectivity index (χ2n) is 4.41. The van der Waals surface area contributed by atoms with Gasteiger partial charge in [-0.15, -0.1) is 0 Å². The lowest BCUT2D eigenvalue weighted by Gasteiger charge is -2.32. The van der Waals surface area contributed by atoms with Crippen LogP contribution in [0.15, 0.2) is 21.2 Å². The van der Waals surface area contributed by atoms with Gasteiger partial charge in [0.15, 0.2) is 10.4 Å². The van der Waals surface area contributed by atoms with Gasteiger partial charge < -0.3 is 9.32 Å². The lowest BCUT2D eigenvalue weighted by Crippen LogP contribution is -2.39. The first-order chi connectivity index (χ1) is 8.08. The number of carbonyl (C=O) groups excluding carboxylic acids is 1. The van der Waals surface area contributed by atoms with Crippen LogP contribution in [0, 0.1) is 5.92 Å². The minimum absolute atomic E-state index is 0.00336. The maximum absolute atomic E-state index is 12.1. The van der Waals surface area contributed by atoms with Crippen LogP contribution >= 0.6 is 31.9 Å². The molecule has 1 saturated heterocycles. The summed E-state index contributed by atoms with van der Waals surface area (Å²) in [5.74, 6) is 1.08. The van der Waals surface area contributed by atoms with Crippen molar-refractivity contribution in [1.82, 2.24) is 4.90 Å². The average molecular weight is 365 g/mol. The molecule has 5 heteroatoms. The molecule has 2 heterocycles. The van der Waals surface area contributed by atoms with E-state index in [2.05, 4.69) is 38.8 Å². The van der Waals surface area contributed by atoms with E-state index in [0.717, 1.165) is 25.9 Å². The first-order valence-corrected chi connectivity index (χ1v) is 7.47. The maximum Gasteiger partial charge on any atom is 0.289 e. The largest absolute Gasteiger partial charge is 0.444 e. The van der Waals surface area contributed by atoms with Crippen LogP contribution in [0.4, 0.5) is 0 Å². The summed E-state index contributed by atoms with van der Waals surface area (Å²) in [4.78, 5) is 14.5. The van der Waals surface area contributed by atoms with E-state index in [-0.39, 0.29) is 5.91 Å². The molecule has 0 N–H and O–H groups in total. The van der Waals surface area contributed by atoms with Crippen molar-refractivity contribution in [2.75, 3.05) is 13.1 Å². The van der Waals surface area contributed by atoms with E-state index in [1.54, 1.807) is 12.1 Å². The molecule has 0 bridgehead atoms. The second kappa shape index (κ2) is 5.57. The molecule has 2 rings (SSSR count). The van der Waals surface area contributed by atoms with Crippen LogP contribution in [0.25, 0.3) is 0 Å². The Balaban J connectivity index is 1.95. The molecule has 3 nitrogen and oxygen atoms in total. The fourth-order valence-corrected chi connectivity index (χ4v) is 2.98. The van der Waals surface area contributed by atoms with Gasteiger partial charge in [-0.1, -0.05) is 22.9 Å². The van der Waals surface area contributed by atoms with E-state index in [1.807, 2.05) is 4.90 Å². The molecular weight excluding hydrogens is 350 g/mol. The lowest BCUT2D eigenvalue weighted by molar-refractivity contribution is 0.0658. The molecule has 17 heavy (non-hydrogen) atoms. The SMILES string of the molecule is CC(Br)C1CCN(C(=O)c2ccc(Br)o2)CC1. The molecule has 1 fully saturated rings. The third-order valence-electron chi connectivity index (χ3n) is 3.26. The predicted molar refractivity (Wildman–Crippen MR) is 73.4 cm³/mol. The Kier molecular flexibility index (Phi) is 4.31. The summed E-state index contributed by atoms with van der Waals surface area (Å²) in [6.07, 6.45) is 2.11. The lowest BCUT2D eigenvalue weighted by atomic mass is 9.94. The Bertz CT molecular complexity index is 395. The Labute approximate surface area is 118 Å². The molecule has 1 unspecified atom stereocenters. The summed E-state index contributed by atoms with van der Waals surface area (Å²) in [6.45, 7) is 3.81. The third-order valence-corrected chi connectivity index (χ3v) is 4.43. The summed E-state index contributed by atoms with van der Waals surface area (Å²) in [5, 5.41) is 0. The van der Waals surface area contributed by atoms with Crippen molar-refractivity contribution in [1.29, 1.82) is 0 Å². The number of halogens is 2. The Morgan fingerprint density at radius 3 is 2.59 bits per heavy atom. The van der Waals surface area contributed by atoms with Gasteiger partial charge in [0.05, 0.1) is 0 Å². The first kappa shape index (κ1) is 13.1. The van der Waals surface area contributed by atoms with Crippen LogP contribution in [0.2, 0.25) is 0 Å². The number of alkyl halides is 1. The minimum Gasteiger partial charge on any atom is -0.444 e. The van der Waals surface area contributed by atoms with Crippen LogP contribution in [-0.2, 0) is 0 Å². The van der Waals surface area contributed by atoms with Gasteiger partial charge >= 0.3 is 0 Å². The number of nitrogens with zero attached hydrogens (tertiary/aromatic N) is 1. The molecule has 0 aliphatic carbocycles. The van der Waals surface area contributed by atoms with E-state index < -0.39 is 0 Å². The van der Waals surface area contributed by atoms with E-state index in [9.17, 15) is 4.79 Å². The number of piperidine rings is 1. The number of amides is 1. The topological polar surface area (TPSA) is 33.5 Å². The van der Waals surface area contributed by atoms with E-state index in [1.165, 1.54) is 0 Å². The first-order valence-electron chi connectivity index (χ1n) is 5.76. The van der Waals surface area contributed by atoms with Crippen LogP contribution in [-0.4, -0.2) is 28.7 Å². The molecule has 94 valence electrons. The van der Waals surface area contributed by atoms with Crippen LogP contribution < -0.4 is 0 Å². The number of carbonyl (C=O) groups is 1. The highest BCUT2D eigenvalue weighted by Crippen LogP contribution is 2.26. The number of furan rings is 1. The third kappa shape index (κ3) is 3.13. The summed E-state index contributed by atoms with van der Waals surface area (Å²) in [5.41, 5.74) is 0. The molecule has 1 aromatic rings. The molecular formula is C12H15Br2NO2. The van der Waals surface area contributed by atoms with Crippen molar-refractivity contribution < 1.29 is 9.21 Å². The molecule has 0 spiro atoms. The predicted octanol–water partition coefficient (Wildman–Crippen LogP) is 3.68. The quantitative estimate of drug-likeness (QED) is 0.750. The normalized spacial score (nSPS) is 19.4. The van der Waals surface area contributed by atoms with Crippen LogP contribution in [0.1, 0.15) is 30.3 Å². The molecule has 1 atom stereocenters. The van der Waals surface area contributed by atoms with Gasteiger partial charge in [0, 0.05) is 17.9 Å². The summed E-state index contributed by atoms with van der Waals surface area (Å²) >= 11 is 6.82. The molecule has 1 amide bonds. The fraction of sp³-hybridized carbons (Fsp3) is 0.583. The van der Waals surface area contributed by atoms with Crippen molar-refractivity contribution in [3.8, 4) is 0 Å². The zero-order valence-corrected chi connectivity index (χ0v) is 12.8. The van der Waals surface area contributed by atoms with Crippen molar-refractivity contribution in [2.24, 2.45) is 5.92 Å². The minimum atomic E-state index is -0.00336. The highest BCUT2D eigenvalue weighted by atomic mass is 79.9. The highest BCUT2D eigenvalue weighted by molar-refractivity contribution is 9.10. The highest BCUT2D eigenvalue weighted by Gasteiger charge is 2.27. The Hall–Kier alpha value is -0.290. The van der Waals surface area contributed by atoms with Gasteiger partial charge in [-0.25, -0.2) is 0 Å². The van der Waals surface area contributed by atoms with Crippen molar-refractivity contribution in [2.45, 2.75) is 24.6 Å². The van der Waals surface area contributed by atoms with Crippen LogP contribution in [0.5, 0.6) is 0 Å². The Morgan fingerprint density at radius 2 is 2.12 bits per heavy atom. The summed E-state index contributed by atoms with van der Waals surface area (Å²) in [7, 11) is 0. The number of hydrogen-bond donors (Lipinski definition) is 0. The van der Waals surface area contributed by atoms with Crippen molar-refractivity contribution in [3.63, 3.8) is 0 Å². The molecule has 1 aliphatic heterocycles. The number of rotatable bonds is 2. The zero-order valence-electron chi connectivity index (χ0n) is 9.66. The molecule has 0 saturated carbocycles. The molecule has 1 aliphatic rings. The van der Waals surface area contributed by atoms with E-state index >= 15 is 0 Å². The van der Waals surface area contributed by atoms with Gasteiger partial charge in [-0.05, 0) is 46.8 Å². The van der Waals surface area contributed by atoms with Gasteiger partial charge in [0.2, 0.25) is 0 Å². The Morgan fingerprint density at radius 1 is 1.47 bits per heavy atom. The van der Waals surface area contributed by atoms with Crippen LogP contribution in [0.3, 0.4) is 0 Å². The molecule has 0 aromatic carbocycles. The summed E-state index contributed by atoms with van der Waals surface area (Å²) in [6, 6.07) is 3.46. The fourth-order valence-electron chi connectivity index (χ4n) is 2.15. The molecule has 0 radical (unpaired) electrons. The smallest absolute Gasteiger partial charge is 0.289 e. The van der Waals surface area contributed by atoms with Gasteiger partial charge in [-0.2, -0.15) is 0 Å². The van der Waals surface area contributed by atoms with Gasteiger partial charge in [0.25, 0.3) is 5.91 Å². The summed E-state index contributed by atoms with van der Waals surface area (Å²) < 4.78 is 5.89. The standard InChI is InChI=1S/C12H15Br2NO2/c1-8(13)9-4-6-15(7-5-9)12(16)10-2-3-11(14)17-10/h2-3,8-9H,4-7H2,1H3. The average Bonchev–Trinajstić information content (AvgIpc) is 2.75. The van der Waals surface area contributed by atoms with Crippen molar-refractivity contribution >= 4 is 37.8 Å². The number of likely N-dealkylation sites (tertiary alicyclic amines) is 1. The second-order valence-corrected chi connectivity index (χ2v) is 6.64. The monoisotopic (exact) mass is 363 g/mol. The molecule has 1 aromatic heterocycles. The number of hydrogen-bond acceptors (Lipinski definition) is 2. The van der Waals surface area contributed by atoms with Gasteiger partial charge in [0.1, 0.15) is 0 Å². The van der Waals surface area contributed by atoms with E-state index in [0.29, 0.717) is 21.2 Å². The maximum atomic E-state index is 12.1. The zero-order chi connectivity index (χ0) is 12.4. The van der Waals surface area contributed by atoms with Crippen molar-refractivity contribution in [3.05, 3.63) is 22.6 Å². The van der Waals surface area contributed by atoms with E-state index in [4.69, 9.17) is 4.42 Å². The van der Waals surface area contributed by atoms with Gasteiger partial charge in [-0.3, -0.25) is 4.79 Å².